The molecule has 0 N–H and O–H groups in total. The number of hydrogen-bond donors (Lipinski definition) is 0. The van der Waals surface area contributed by atoms with Crippen molar-refractivity contribution in [3.63, 3.8) is 0 Å². The number of rotatable bonds is 9. The van der Waals surface area contributed by atoms with Crippen LogP contribution in [0.4, 0.5) is 0 Å². The maximum atomic E-state index is 13.4. The number of ether oxygens (including phenoxy) is 5. The summed E-state index contributed by atoms with van der Waals surface area (Å²) in [4.78, 5) is 18.1. The molecule has 5 rings (SSSR count). The molecule has 3 heterocycles. The van der Waals surface area contributed by atoms with Crippen LogP contribution in [0.2, 0.25) is 0 Å². The van der Waals surface area contributed by atoms with Gasteiger partial charge in [0.15, 0.2) is 11.5 Å². The van der Waals surface area contributed by atoms with Crippen molar-refractivity contribution in [2.75, 3.05) is 47.3 Å². The molecular formula is C29H38N2O6. The van der Waals surface area contributed by atoms with Crippen molar-refractivity contribution in [2.24, 2.45) is 0 Å². The molecule has 1 amide bonds. The molecule has 0 aliphatic carbocycles. The van der Waals surface area contributed by atoms with Gasteiger partial charge in [0, 0.05) is 43.4 Å². The van der Waals surface area contributed by atoms with Crippen molar-refractivity contribution in [2.45, 2.75) is 57.5 Å². The number of methoxy groups -OCH3 is 2. The van der Waals surface area contributed by atoms with E-state index in [0.29, 0.717) is 30.6 Å². The number of likely N-dealkylation sites (tertiary alicyclic amines) is 1. The van der Waals surface area contributed by atoms with E-state index in [1.165, 1.54) is 18.4 Å². The van der Waals surface area contributed by atoms with E-state index in [4.69, 9.17) is 23.7 Å². The van der Waals surface area contributed by atoms with Crippen molar-refractivity contribution in [1.29, 1.82) is 0 Å². The number of nitrogens with zero attached hydrogens (tertiary/aromatic N) is 2. The van der Waals surface area contributed by atoms with Gasteiger partial charge in [0.05, 0.1) is 27.2 Å². The van der Waals surface area contributed by atoms with Crippen LogP contribution in [0.1, 0.15) is 43.7 Å². The largest absolute Gasteiger partial charge is 0.496 e. The summed E-state index contributed by atoms with van der Waals surface area (Å²) in [5.74, 6) is 3.92. The molecule has 0 aromatic heterocycles. The lowest BCUT2D eigenvalue weighted by molar-refractivity contribution is -0.134. The molecule has 1 saturated heterocycles. The van der Waals surface area contributed by atoms with Crippen LogP contribution in [0.5, 0.6) is 28.7 Å². The minimum Gasteiger partial charge on any atom is -0.496 e. The fourth-order valence-corrected chi connectivity index (χ4v) is 5.86. The average molecular weight is 511 g/mol. The van der Waals surface area contributed by atoms with Crippen LogP contribution in [0, 0.1) is 0 Å². The van der Waals surface area contributed by atoms with Gasteiger partial charge >= 0.3 is 0 Å². The van der Waals surface area contributed by atoms with Gasteiger partial charge in [0.1, 0.15) is 17.2 Å². The molecule has 3 aliphatic heterocycles. The molecule has 2 aromatic carbocycles. The van der Waals surface area contributed by atoms with E-state index in [2.05, 4.69) is 22.8 Å². The third-order valence-corrected chi connectivity index (χ3v) is 7.87. The predicted octanol–water partition coefficient (Wildman–Crippen LogP) is 4.07. The van der Waals surface area contributed by atoms with E-state index in [0.717, 1.165) is 61.7 Å². The van der Waals surface area contributed by atoms with Crippen LogP contribution in [-0.2, 0) is 17.6 Å². The molecule has 2 atom stereocenters. The molecule has 37 heavy (non-hydrogen) atoms. The van der Waals surface area contributed by atoms with Gasteiger partial charge in [-0.2, -0.15) is 0 Å². The van der Waals surface area contributed by atoms with Gasteiger partial charge in [-0.1, -0.05) is 6.42 Å². The molecule has 0 bridgehead atoms. The highest BCUT2D eigenvalue weighted by molar-refractivity contribution is 5.80. The highest BCUT2D eigenvalue weighted by Gasteiger charge is 2.34. The fraction of sp³-hybridized carbons (Fsp3) is 0.552. The summed E-state index contributed by atoms with van der Waals surface area (Å²) in [6.07, 6.45) is 5.68. The number of benzene rings is 2. The Bertz CT molecular complexity index is 1080. The van der Waals surface area contributed by atoms with Gasteiger partial charge in [-0.15, -0.1) is 0 Å². The van der Waals surface area contributed by atoms with Gasteiger partial charge in [0.2, 0.25) is 12.7 Å². The highest BCUT2D eigenvalue weighted by atomic mass is 16.7. The average Bonchev–Trinajstić information content (AvgIpc) is 3.31. The number of carbonyl (C=O) groups excluding carboxylic acids is 1. The van der Waals surface area contributed by atoms with Crippen LogP contribution < -0.4 is 23.7 Å². The lowest BCUT2D eigenvalue weighted by atomic mass is 9.95. The normalized spacial score (nSPS) is 20.2. The molecule has 0 radical (unpaired) electrons. The fourth-order valence-electron chi connectivity index (χ4n) is 5.86. The van der Waals surface area contributed by atoms with Crippen LogP contribution in [-0.4, -0.2) is 75.0 Å². The van der Waals surface area contributed by atoms with E-state index in [1.807, 2.05) is 24.3 Å². The van der Waals surface area contributed by atoms with E-state index in [-0.39, 0.29) is 18.7 Å². The Hall–Kier alpha value is -3.13. The molecule has 200 valence electrons. The van der Waals surface area contributed by atoms with E-state index >= 15 is 0 Å². The smallest absolute Gasteiger partial charge is 0.231 e. The van der Waals surface area contributed by atoms with E-state index in [9.17, 15) is 4.79 Å². The molecule has 8 nitrogen and oxygen atoms in total. The van der Waals surface area contributed by atoms with Crippen molar-refractivity contribution in [3.8, 4) is 28.7 Å². The highest BCUT2D eigenvalue weighted by Crippen LogP contribution is 2.36. The number of amides is 1. The molecular weight excluding hydrogens is 472 g/mol. The molecule has 0 saturated carbocycles. The zero-order valence-corrected chi connectivity index (χ0v) is 22.2. The first-order chi connectivity index (χ1) is 18.1. The van der Waals surface area contributed by atoms with Gasteiger partial charge in [0.25, 0.3) is 0 Å². The van der Waals surface area contributed by atoms with Crippen molar-refractivity contribution in [1.82, 2.24) is 9.80 Å². The monoisotopic (exact) mass is 510 g/mol. The quantitative estimate of drug-likeness (QED) is 0.471. The maximum Gasteiger partial charge on any atom is 0.231 e. The van der Waals surface area contributed by atoms with Gasteiger partial charge in [-0.25, -0.2) is 0 Å². The standard InChI is InChI=1S/C29H38N2O6/c1-20(31-11-8-21-13-27-28(37-19-36-27)14-22(21)15-29(31)32)26-7-4-5-9-30(26)10-6-12-35-25-17-23(33-2)16-24(18-25)34-3/h13-14,16-18,20,26H,4-12,15,19H2,1-3H3. The Kier molecular flexibility index (Phi) is 7.93. The summed E-state index contributed by atoms with van der Waals surface area (Å²) in [6.45, 7) is 5.83. The number of piperidine rings is 1. The number of carbonyl (C=O) groups is 1. The van der Waals surface area contributed by atoms with E-state index < -0.39 is 0 Å². The molecule has 3 aliphatic rings. The van der Waals surface area contributed by atoms with Crippen LogP contribution in [0.3, 0.4) is 0 Å². The van der Waals surface area contributed by atoms with Gasteiger partial charge in [-0.05, 0) is 62.4 Å². The summed E-state index contributed by atoms with van der Waals surface area (Å²) in [7, 11) is 3.28. The van der Waals surface area contributed by atoms with Crippen LogP contribution >= 0.6 is 0 Å². The Balaban J connectivity index is 1.18. The van der Waals surface area contributed by atoms with Crippen molar-refractivity contribution < 1.29 is 28.5 Å². The van der Waals surface area contributed by atoms with Crippen LogP contribution in [0.15, 0.2) is 30.3 Å². The Morgan fingerprint density at radius 3 is 2.38 bits per heavy atom. The summed E-state index contributed by atoms with van der Waals surface area (Å²) >= 11 is 0. The first-order valence-corrected chi connectivity index (χ1v) is 13.4. The topological polar surface area (TPSA) is 69.7 Å². The van der Waals surface area contributed by atoms with Crippen molar-refractivity contribution in [3.05, 3.63) is 41.5 Å². The Morgan fingerprint density at radius 2 is 1.65 bits per heavy atom. The van der Waals surface area contributed by atoms with E-state index in [1.54, 1.807) is 14.2 Å². The third kappa shape index (κ3) is 5.74. The summed E-state index contributed by atoms with van der Waals surface area (Å²) in [5.41, 5.74) is 2.26. The first kappa shape index (κ1) is 25.5. The molecule has 1 fully saturated rings. The summed E-state index contributed by atoms with van der Waals surface area (Å²) < 4.78 is 27.8. The minimum atomic E-state index is 0.157. The molecule has 0 spiro atoms. The SMILES string of the molecule is COc1cc(OC)cc(OCCCN2CCCCC2C(C)N2CCc3cc4c(cc3CC2=O)OCO4)c1. The van der Waals surface area contributed by atoms with Gasteiger partial charge < -0.3 is 28.6 Å². The Labute approximate surface area is 219 Å². The number of hydrogen-bond acceptors (Lipinski definition) is 7. The predicted molar refractivity (Wildman–Crippen MR) is 140 cm³/mol. The van der Waals surface area contributed by atoms with Crippen molar-refractivity contribution >= 4 is 5.91 Å². The second-order valence-electron chi connectivity index (χ2n) is 10.1. The summed E-state index contributed by atoms with van der Waals surface area (Å²) in [5, 5.41) is 0. The second kappa shape index (κ2) is 11.5. The second-order valence-corrected chi connectivity index (χ2v) is 10.1. The van der Waals surface area contributed by atoms with Gasteiger partial charge in [-0.3, -0.25) is 9.69 Å². The molecule has 8 heteroatoms. The summed E-state index contributed by atoms with van der Waals surface area (Å²) in [6, 6.07) is 10.2. The third-order valence-electron chi connectivity index (χ3n) is 7.87. The zero-order valence-electron chi connectivity index (χ0n) is 22.2. The zero-order chi connectivity index (χ0) is 25.8. The minimum absolute atomic E-state index is 0.157. The molecule has 2 aromatic rings. The van der Waals surface area contributed by atoms with Crippen LogP contribution in [0.25, 0.3) is 0 Å². The number of fused-ring (bicyclic) bond motifs is 2. The Morgan fingerprint density at radius 1 is 0.946 bits per heavy atom. The molecule has 2 unspecified atom stereocenters. The first-order valence-electron chi connectivity index (χ1n) is 13.4. The maximum absolute atomic E-state index is 13.4. The lowest BCUT2D eigenvalue weighted by Crippen LogP contribution is -2.54. The lowest BCUT2D eigenvalue weighted by Gasteiger charge is -2.43.